The van der Waals surface area contributed by atoms with Gasteiger partial charge in [-0.15, -0.1) is 0 Å². The molecule has 0 bridgehead atoms. The quantitative estimate of drug-likeness (QED) is 0.711. The summed E-state index contributed by atoms with van der Waals surface area (Å²) in [4.78, 5) is 23.4. The number of pyridine rings is 1. The lowest BCUT2D eigenvalue weighted by Gasteiger charge is -2.26. The van der Waals surface area contributed by atoms with Crippen molar-refractivity contribution < 1.29 is 0 Å². The second-order valence-electron chi connectivity index (χ2n) is 6.97. The Labute approximate surface area is 153 Å². The van der Waals surface area contributed by atoms with Gasteiger partial charge in [-0.1, -0.05) is 51.1 Å². The maximum Gasteiger partial charge on any atom is 0.251 e. The Balaban J connectivity index is 1.72. The maximum atomic E-state index is 11.7. The van der Waals surface area contributed by atoms with Gasteiger partial charge >= 0.3 is 0 Å². The Kier molecular flexibility index (Phi) is 5.16. The van der Waals surface area contributed by atoms with Crippen LogP contribution in [-0.2, 0) is 11.8 Å². The van der Waals surface area contributed by atoms with Crippen LogP contribution in [0.3, 0.4) is 0 Å². The summed E-state index contributed by atoms with van der Waals surface area (Å²) in [5.74, 6) is 1.35. The molecule has 0 spiro atoms. The molecule has 0 aliphatic carbocycles. The van der Waals surface area contributed by atoms with Crippen LogP contribution >= 0.6 is 0 Å². The van der Waals surface area contributed by atoms with Gasteiger partial charge in [0.15, 0.2) is 0 Å². The average molecular weight is 348 g/mol. The summed E-state index contributed by atoms with van der Waals surface area (Å²) in [5, 5.41) is 3.39. The topological polar surface area (TPSA) is 70.7 Å². The van der Waals surface area contributed by atoms with Crippen molar-refractivity contribution in [2.75, 3.05) is 11.9 Å². The fraction of sp³-hybridized carbons (Fsp3) is 0.286. The minimum atomic E-state index is -0.140. The van der Waals surface area contributed by atoms with Crippen LogP contribution < -0.4 is 10.9 Å². The molecular weight excluding hydrogens is 324 g/mol. The molecule has 2 N–H and O–H groups in total. The molecule has 0 aliphatic rings. The van der Waals surface area contributed by atoms with Crippen LogP contribution in [-0.4, -0.2) is 21.5 Å². The molecule has 0 amide bonds. The van der Waals surface area contributed by atoms with Crippen molar-refractivity contribution in [2.45, 2.75) is 32.6 Å². The molecule has 0 saturated carbocycles. The number of aromatic amines is 1. The highest BCUT2D eigenvalue weighted by Gasteiger charge is 2.20. The van der Waals surface area contributed by atoms with Crippen LogP contribution in [0.5, 0.6) is 0 Å². The predicted molar refractivity (Wildman–Crippen MR) is 105 cm³/mol. The average Bonchev–Trinajstić information content (AvgIpc) is 2.67. The van der Waals surface area contributed by atoms with Gasteiger partial charge in [-0.2, -0.15) is 0 Å². The van der Waals surface area contributed by atoms with Gasteiger partial charge in [-0.25, -0.2) is 9.97 Å². The molecule has 2 aromatic heterocycles. The SMILES string of the molecule is CCc1cc(=O)[nH]c(-c2ccc(NCC(C)(C)c3ccccc3)nc2)n1. The van der Waals surface area contributed by atoms with Gasteiger partial charge in [0.2, 0.25) is 0 Å². The van der Waals surface area contributed by atoms with E-state index in [-0.39, 0.29) is 11.0 Å². The number of hydrogen-bond acceptors (Lipinski definition) is 4. The lowest BCUT2D eigenvalue weighted by molar-refractivity contribution is 0.556. The minimum absolute atomic E-state index is 0.0101. The van der Waals surface area contributed by atoms with Crippen molar-refractivity contribution in [2.24, 2.45) is 0 Å². The standard InChI is InChI=1S/C21H24N4O/c1-4-17-12-19(26)25-20(24-17)15-10-11-18(22-13-15)23-14-21(2,3)16-8-6-5-7-9-16/h5-13H,4,14H2,1-3H3,(H,22,23)(H,24,25,26). The minimum Gasteiger partial charge on any atom is -0.369 e. The van der Waals surface area contributed by atoms with E-state index in [1.165, 1.54) is 11.6 Å². The van der Waals surface area contributed by atoms with Crippen LogP contribution in [0.15, 0.2) is 59.5 Å². The third-order valence-electron chi connectivity index (χ3n) is 4.46. The van der Waals surface area contributed by atoms with Gasteiger partial charge in [-0.05, 0) is 24.1 Å². The molecule has 0 aliphatic heterocycles. The second kappa shape index (κ2) is 7.52. The Bertz CT molecular complexity index is 915. The fourth-order valence-electron chi connectivity index (χ4n) is 2.77. The van der Waals surface area contributed by atoms with Crippen molar-refractivity contribution >= 4 is 5.82 Å². The highest BCUT2D eigenvalue weighted by Crippen LogP contribution is 2.23. The normalized spacial score (nSPS) is 11.3. The number of nitrogens with zero attached hydrogens (tertiary/aromatic N) is 2. The van der Waals surface area contributed by atoms with Gasteiger partial charge in [0, 0.05) is 35.5 Å². The summed E-state index contributed by atoms with van der Waals surface area (Å²) in [5.41, 5.74) is 2.70. The van der Waals surface area contributed by atoms with E-state index in [0.29, 0.717) is 5.82 Å². The highest BCUT2D eigenvalue weighted by atomic mass is 16.1. The number of hydrogen-bond donors (Lipinski definition) is 2. The third-order valence-corrected chi connectivity index (χ3v) is 4.46. The van der Waals surface area contributed by atoms with E-state index >= 15 is 0 Å². The lowest BCUT2D eigenvalue weighted by Crippen LogP contribution is -2.27. The summed E-state index contributed by atoms with van der Waals surface area (Å²) in [6, 6.07) is 15.8. The molecule has 1 aromatic carbocycles. The number of rotatable bonds is 6. The zero-order valence-electron chi connectivity index (χ0n) is 15.4. The van der Waals surface area contributed by atoms with E-state index < -0.39 is 0 Å². The van der Waals surface area contributed by atoms with Crippen molar-refractivity contribution in [3.05, 3.63) is 76.3 Å². The zero-order chi connectivity index (χ0) is 18.6. The number of anilines is 1. The van der Waals surface area contributed by atoms with E-state index in [0.717, 1.165) is 30.0 Å². The van der Waals surface area contributed by atoms with Crippen LogP contribution in [0.4, 0.5) is 5.82 Å². The first-order valence-electron chi connectivity index (χ1n) is 8.84. The van der Waals surface area contributed by atoms with E-state index in [9.17, 15) is 4.79 Å². The molecule has 0 unspecified atom stereocenters. The Morgan fingerprint density at radius 1 is 1.12 bits per heavy atom. The molecular formula is C21H24N4O. The van der Waals surface area contributed by atoms with Crippen LogP contribution in [0, 0.1) is 0 Å². The molecule has 3 rings (SSSR count). The first kappa shape index (κ1) is 17.9. The monoisotopic (exact) mass is 348 g/mol. The first-order chi connectivity index (χ1) is 12.5. The highest BCUT2D eigenvalue weighted by molar-refractivity contribution is 5.56. The van der Waals surface area contributed by atoms with Crippen molar-refractivity contribution in [1.82, 2.24) is 15.0 Å². The fourth-order valence-corrected chi connectivity index (χ4v) is 2.77. The maximum absolute atomic E-state index is 11.7. The molecule has 26 heavy (non-hydrogen) atoms. The molecule has 2 heterocycles. The van der Waals surface area contributed by atoms with Gasteiger partial charge in [0.25, 0.3) is 5.56 Å². The molecule has 0 saturated heterocycles. The summed E-state index contributed by atoms with van der Waals surface area (Å²) in [7, 11) is 0. The molecule has 5 nitrogen and oxygen atoms in total. The Hall–Kier alpha value is -2.95. The van der Waals surface area contributed by atoms with Gasteiger partial charge < -0.3 is 10.3 Å². The summed E-state index contributed by atoms with van der Waals surface area (Å²) >= 11 is 0. The second-order valence-corrected chi connectivity index (χ2v) is 6.97. The zero-order valence-corrected chi connectivity index (χ0v) is 15.4. The number of H-pyrrole nitrogens is 1. The van der Waals surface area contributed by atoms with Crippen LogP contribution in [0.1, 0.15) is 32.0 Å². The molecule has 3 aromatic rings. The number of aryl methyl sites for hydroxylation is 1. The van der Waals surface area contributed by atoms with Crippen LogP contribution in [0.25, 0.3) is 11.4 Å². The van der Waals surface area contributed by atoms with Gasteiger partial charge in [0.05, 0.1) is 0 Å². The molecule has 5 heteroatoms. The molecule has 0 fully saturated rings. The van der Waals surface area contributed by atoms with E-state index in [2.05, 4.69) is 58.4 Å². The number of nitrogens with one attached hydrogen (secondary N) is 2. The smallest absolute Gasteiger partial charge is 0.251 e. The molecule has 134 valence electrons. The lowest BCUT2D eigenvalue weighted by atomic mass is 9.84. The van der Waals surface area contributed by atoms with Crippen molar-refractivity contribution in [1.29, 1.82) is 0 Å². The number of benzene rings is 1. The summed E-state index contributed by atoms with van der Waals surface area (Å²) in [6.07, 6.45) is 2.45. The summed E-state index contributed by atoms with van der Waals surface area (Å²) < 4.78 is 0. The van der Waals surface area contributed by atoms with Crippen LogP contribution in [0.2, 0.25) is 0 Å². The summed E-state index contributed by atoms with van der Waals surface area (Å²) in [6.45, 7) is 7.15. The van der Waals surface area contributed by atoms with E-state index in [1.807, 2.05) is 25.1 Å². The first-order valence-corrected chi connectivity index (χ1v) is 8.84. The molecule has 0 atom stereocenters. The van der Waals surface area contributed by atoms with Crippen molar-refractivity contribution in [3.63, 3.8) is 0 Å². The number of aromatic nitrogens is 3. The third kappa shape index (κ3) is 4.17. The van der Waals surface area contributed by atoms with Gasteiger partial charge in [-0.3, -0.25) is 4.79 Å². The van der Waals surface area contributed by atoms with Crippen molar-refractivity contribution in [3.8, 4) is 11.4 Å². The predicted octanol–water partition coefficient (Wildman–Crippen LogP) is 3.78. The largest absolute Gasteiger partial charge is 0.369 e. The molecule has 0 radical (unpaired) electrons. The van der Waals surface area contributed by atoms with E-state index in [1.54, 1.807) is 6.20 Å². The van der Waals surface area contributed by atoms with E-state index in [4.69, 9.17) is 0 Å². The Morgan fingerprint density at radius 2 is 1.88 bits per heavy atom. The Morgan fingerprint density at radius 3 is 2.54 bits per heavy atom. The van der Waals surface area contributed by atoms with Gasteiger partial charge in [0.1, 0.15) is 11.6 Å².